The van der Waals surface area contributed by atoms with Gasteiger partial charge in [0.2, 0.25) is 0 Å². The number of hydrogen-bond donors (Lipinski definition) is 6. The molecule has 0 aromatic heterocycles. The number of carboxylic acid groups (broad SMARTS) is 6. The SMILES string of the molecule is O=C([O-])c1cc(O)c(C(=O)[O-])cc1O.O=C([O-])c1cc(O)c(C(=O)[O-])cc1O.O=C([O-])c1cc(O)c(C(=O)[O-])cc1O.[La+3].[La+3]. The largest absolute Gasteiger partial charge is 3.00 e. The zero-order valence-electron chi connectivity index (χ0n) is 21.2. The van der Waals surface area contributed by atoms with Crippen LogP contribution in [0.1, 0.15) is 62.1 Å². The van der Waals surface area contributed by atoms with Crippen molar-refractivity contribution in [1.29, 1.82) is 0 Å². The molecule has 0 atom stereocenters. The molecule has 3 rings (SSSR count). The van der Waals surface area contributed by atoms with Gasteiger partial charge in [0.25, 0.3) is 0 Å². The third kappa shape index (κ3) is 11.1. The Labute approximate surface area is 298 Å². The molecule has 18 nitrogen and oxygen atoms in total. The van der Waals surface area contributed by atoms with Gasteiger partial charge in [0.05, 0.1) is 35.8 Å². The number of aromatic carboxylic acids is 6. The molecule has 0 aliphatic heterocycles. The summed E-state index contributed by atoms with van der Waals surface area (Å²) in [5, 5.41) is 116. The first kappa shape index (κ1) is 41.8. The fourth-order valence-corrected chi connectivity index (χ4v) is 2.71. The summed E-state index contributed by atoms with van der Waals surface area (Å²) in [4.78, 5) is 61.9. The third-order valence-corrected chi connectivity index (χ3v) is 4.66. The Bertz CT molecular complexity index is 1310. The predicted octanol–water partition coefficient (Wildman–Crippen LogP) is -6.53. The van der Waals surface area contributed by atoms with Gasteiger partial charge >= 0.3 is 71.2 Å². The summed E-state index contributed by atoms with van der Waals surface area (Å²) in [6.45, 7) is 0. The molecule has 222 valence electrons. The number of hydrogen-bond acceptors (Lipinski definition) is 18. The van der Waals surface area contributed by atoms with Crippen LogP contribution in [0, 0.1) is 71.2 Å². The second kappa shape index (κ2) is 17.7. The third-order valence-electron chi connectivity index (χ3n) is 4.66. The van der Waals surface area contributed by atoms with Crippen LogP contribution in [-0.2, 0) is 0 Å². The van der Waals surface area contributed by atoms with Gasteiger partial charge in [-0.2, -0.15) is 0 Å². The van der Waals surface area contributed by atoms with Crippen molar-refractivity contribution < 1.29 is 161 Å². The van der Waals surface area contributed by atoms with Crippen LogP contribution in [0.5, 0.6) is 34.5 Å². The molecule has 3 aromatic carbocycles. The van der Waals surface area contributed by atoms with E-state index in [4.69, 9.17) is 30.6 Å². The number of carbonyl (C=O) groups excluding carboxylic acids is 6. The fraction of sp³-hybridized carbons (Fsp3) is 0. The Kier molecular flexibility index (Phi) is 16.8. The summed E-state index contributed by atoms with van der Waals surface area (Å²) in [5.74, 6) is -15.1. The van der Waals surface area contributed by atoms with Crippen LogP contribution in [0.2, 0.25) is 0 Å². The molecule has 0 amide bonds. The summed E-state index contributed by atoms with van der Waals surface area (Å²) in [6, 6.07) is 3.47. The monoisotopic (exact) mass is 866 g/mol. The summed E-state index contributed by atoms with van der Waals surface area (Å²) in [6.07, 6.45) is 0. The second-order valence-electron chi connectivity index (χ2n) is 7.38. The van der Waals surface area contributed by atoms with Crippen molar-refractivity contribution >= 4 is 35.8 Å². The van der Waals surface area contributed by atoms with E-state index in [9.17, 15) is 59.4 Å². The molecule has 0 aliphatic rings. The Morgan fingerprint density at radius 2 is 0.409 bits per heavy atom. The molecule has 0 saturated heterocycles. The quantitative estimate of drug-likeness (QED) is 0.125. The van der Waals surface area contributed by atoms with Crippen molar-refractivity contribution in [2.45, 2.75) is 0 Å². The number of carbonyl (C=O) groups is 6. The molecule has 0 fully saturated rings. The first-order valence-electron chi connectivity index (χ1n) is 10.3. The van der Waals surface area contributed by atoms with Crippen molar-refractivity contribution in [2.24, 2.45) is 0 Å². The number of aromatic hydroxyl groups is 6. The summed E-state index contributed by atoms with van der Waals surface area (Å²) < 4.78 is 0. The summed E-state index contributed by atoms with van der Waals surface area (Å²) >= 11 is 0. The van der Waals surface area contributed by atoms with E-state index in [1.807, 2.05) is 0 Å². The van der Waals surface area contributed by atoms with Gasteiger partial charge in [-0.15, -0.1) is 0 Å². The summed E-state index contributed by atoms with van der Waals surface area (Å²) in [7, 11) is 0. The Morgan fingerprint density at radius 3 is 0.477 bits per heavy atom. The van der Waals surface area contributed by atoms with Gasteiger partial charge in [-0.3, -0.25) is 0 Å². The second-order valence-corrected chi connectivity index (χ2v) is 7.38. The van der Waals surface area contributed by atoms with Crippen LogP contribution < -0.4 is 30.6 Å². The average Bonchev–Trinajstić information content (AvgIpc) is 2.87. The van der Waals surface area contributed by atoms with Gasteiger partial charge < -0.3 is 90.0 Å². The summed E-state index contributed by atoms with van der Waals surface area (Å²) in [5.41, 5.74) is -4.12. The molecule has 0 unspecified atom stereocenters. The molecular weight excluding hydrogens is 854 g/mol. The van der Waals surface area contributed by atoms with Gasteiger partial charge in [0.15, 0.2) is 0 Å². The van der Waals surface area contributed by atoms with Crippen LogP contribution in [0.4, 0.5) is 0 Å². The van der Waals surface area contributed by atoms with Gasteiger partial charge in [0, 0.05) is 33.4 Å². The molecule has 0 aliphatic carbocycles. The minimum Gasteiger partial charge on any atom is -0.545 e. The molecule has 3 aromatic rings. The van der Waals surface area contributed by atoms with E-state index in [1.54, 1.807) is 0 Å². The number of rotatable bonds is 6. The van der Waals surface area contributed by atoms with Crippen molar-refractivity contribution in [2.75, 3.05) is 0 Å². The molecule has 0 saturated carbocycles. The fourth-order valence-electron chi connectivity index (χ4n) is 2.71. The van der Waals surface area contributed by atoms with Crippen LogP contribution in [0.25, 0.3) is 0 Å². The van der Waals surface area contributed by atoms with Crippen LogP contribution in [0.15, 0.2) is 36.4 Å². The van der Waals surface area contributed by atoms with E-state index in [1.165, 1.54) is 0 Å². The average molecular weight is 866 g/mol. The van der Waals surface area contributed by atoms with Gasteiger partial charge in [0.1, 0.15) is 34.5 Å². The van der Waals surface area contributed by atoms with E-state index < -0.39 is 104 Å². The number of phenols is 6. The molecule has 0 heterocycles. The zero-order chi connectivity index (χ0) is 32.6. The first-order chi connectivity index (χ1) is 19.3. The van der Waals surface area contributed by atoms with Crippen LogP contribution >= 0.6 is 0 Å². The van der Waals surface area contributed by atoms with Gasteiger partial charge in [-0.25, -0.2) is 0 Å². The minimum atomic E-state index is -1.72. The Morgan fingerprint density at radius 1 is 0.318 bits per heavy atom. The van der Waals surface area contributed by atoms with Gasteiger partial charge in [-0.05, 0) is 36.4 Å². The number of carboxylic acids is 6. The maximum absolute atomic E-state index is 10.3. The Hall–Kier alpha value is -4.33. The molecule has 0 radical (unpaired) electrons. The van der Waals surface area contributed by atoms with E-state index in [2.05, 4.69) is 0 Å². The topological polar surface area (TPSA) is 362 Å². The molecule has 0 spiro atoms. The zero-order valence-corrected chi connectivity index (χ0v) is 28.5. The van der Waals surface area contributed by atoms with E-state index in [0.29, 0.717) is 36.4 Å². The van der Waals surface area contributed by atoms with Crippen molar-refractivity contribution in [3.05, 3.63) is 69.8 Å². The molecule has 44 heavy (non-hydrogen) atoms. The van der Waals surface area contributed by atoms with Crippen molar-refractivity contribution in [1.82, 2.24) is 0 Å². The maximum Gasteiger partial charge on any atom is 3.00 e. The molecular formula is C24H12La2O18. The maximum atomic E-state index is 10.3. The molecule has 6 N–H and O–H groups in total. The molecule has 20 heteroatoms. The van der Waals surface area contributed by atoms with E-state index >= 15 is 0 Å². The Balaban J connectivity index is 0. The van der Waals surface area contributed by atoms with E-state index in [-0.39, 0.29) is 71.2 Å². The smallest absolute Gasteiger partial charge is 0.545 e. The van der Waals surface area contributed by atoms with Crippen molar-refractivity contribution in [3.63, 3.8) is 0 Å². The molecule has 0 bridgehead atoms. The van der Waals surface area contributed by atoms with Crippen LogP contribution in [-0.4, -0.2) is 66.5 Å². The van der Waals surface area contributed by atoms with Crippen LogP contribution in [0.3, 0.4) is 0 Å². The minimum absolute atomic E-state index is 0. The predicted molar refractivity (Wildman–Crippen MR) is 115 cm³/mol. The van der Waals surface area contributed by atoms with Gasteiger partial charge in [-0.1, -0.05) is 0 Å². The normalized spacial score (nSPS) is 9.27. The number of benzene rings is 3. The standard InChI is InChI=1S/3C8H6O6.2La/c3*9-5-1-3(7(11)12)6(10)2-4(5)8(13)14;;/h3*1-2,9-10H,(H,11,12)(H,13,14);;/q;;;2*+3/p-6. The first-order valence-corrected chi connectivity index (χ1v) is 10.3. The van der Waals surface area contributed by atoms with E-state index in [0.717, 1.165) is 0 Å². The van der Waals surface area contributed by atoms with Crippen molar-refractivity contribution in [3.8, 4) is 34.5 Å².